The Hall–Kier alpha value is -1.60. The molecule has 1 aromatic rings. The van der Waals surface area contributed by atoms with Crippen molar-refractivity contribution in [1.82, 2.24) is 4.90 Å². The van der Waals surface area contributed by atoms with Gasteiger partial charge in [-0.1, -0.05) is 12.1 Å². The second-order valence-electron chi connectivity index (χ2n) is 5.81. The van der Waals surface area contributed by atoms with Crippen LogP contribution in [0, 0.1) is 5.92 Å². The summed E-state index contributed by atoms with van der Waals surface area (Å²) in [5.41, 5.74) is 1.61. The molecule has 0 aromatic heterocycles. The van der Waals surface area contributed by atoms with Crippen LogP contribution in [0.2, 0.25) is 0 Å². The fraction of sp³-hybridized carbons (Fsp3) is 0.562. The van der Waals surface area contributed by atoms with Crippen molar-refractivity contribution in [2.24, 2.45) is 5.92 Å². The van der Waals surface area contributed by atoms with Gasteiger partial charge >= 0.3 is 6.18 Å². The molecular formula is C16H21F3N2O2. The van der Waals surface area contributed by atoms with Crippen molar-refractivity contribution in [2.45, 2.75) is 25.4 Å². The number of amides is 1. The minimum Gasteiger partial charge on any atom is -0.396 e. The van der Waals surface area contributed by atoms with Gasteiger partial charge in [-0.05, 0) is 50.0 Å². The first kappa shape index (κ1) is 17.7. The third-order valence-electron chi connectivity index (χ3n) is 4.06. The molecule has 4 nitrogen and oxygen atoms in total. The fourth-order valence-electron chi connectivity index (χ4n) is 2.71. The van der Waals surface area contributed by atoms with E-state index in [0.29, 0.717) is 12.1 Å². The van der Waals surface area contributed by atoms with Crippen molar-refractivity contribution < 1.29 is 23.1 Å². The predicted octanol–water partition coefficient (Wildman–Crippen LogP) is 2.43. The van der Waals surface area contributed by atoms with Crippen LogP contribution in [-0.2, 0) is 11.2 Å². The van der Waals surface area contributed by atoms with E-state index in [0.717, 1.165) is 5.56 Å². The number of hydrogen-bond donors (Lipinski definition) is 2. The van der Waals surface area contributed by atoms with E-state index in [2.05, 4.69) is 5.32 Å². The van der Waals surface area contributed by atoms with Gasteiger partial charge in [0.1, 0.15) is 0 Å². The normalized spacial score (nSPS) is 17.2. The van der Waals surface area contributed by atoms with E-state index >= 15 is 0 Å². The Balaban J connectivity index is 1.77. The third kappa shape index (κ3) is 5.51. The number of rotatable bonds is 5. The minimum atomic E-state index is -4.13. The quantitative estimate of drug-likeness (QED) is 0.872. The van der Waals surface area contributed by atoms with Crippen LogP contribution in [-0.4, -0.2) is 48.3 Å². The maximum absolute atomic E-state index is 12.6. The van der Waals surface area contributed by atoms with Crippen LogP contribution < -0.4 is 5.32 Å². The molecule has 1 heterocycles. The first-order valence-electron chi connectivity index (χ1n) is 7.67. The molecule has 1 amide bonds. The number of halogens is 3. The number of aliphatic hydroxyl groups excluding tert-OH is 1. The van der Waals surface area contributed by atoms with E-state index < -0.39 is 12.1 Å². The highest BCUT2D eigenvalue weighted by Crippen LogP contribution is 2.33. The molecule has 2 rings (SSSR count). The minimum absolute atomic E-state index is 0.0483. The molecule has 0 spiro atoms. The molecule has 0 saturated carbocycles. The van der Waals surface area contributed by atoms with E-state index in [9.17, 15) is 18.0 Å². The van der Waals surface area contributed by atoms with Crippen molar-refractivity contribution in [3.05, 3.63) is 29.8 Å². The topological polar surface area (TPSA) is 52.6 Å². The number of nitrogens with one attached hydrogen (secondary N) is 1. The van der Waals surface area contributed by atoms with E-state index in [4.69, 9.17) is 5.11 Å². The predicted molar refractivity (Wildman–Crippen MR) is 81.1 cm³/mol. The maximum atomic E-state index is 12.6. The van der Waals surface area contributed by atoms with Gasteiger partial charge in [-0.3, -0.25) is 9.69 Å². The van der Waals surface area contributed by atoms with Gasteiger partial charge in [0.15, 0.2) is 0 Å². The molecule has 0 atom stereocenters. The zero-order chi connectivity index (χ0) is 16.9. The summed E-state index contributed by atoms with van der Waals surface area (Å²) in [5, 5.41) is 11.6. The van der Waals surface area contributed by atoms with E-state index in [1.165, 1.54) is 0 Å². The van der Waals surface area contributed by atoms with Crippen LogP contribution in [0.15, 0.2) is 24.3 Å². The Labute approximate surface area is 133 Å². The van der Waals surface area contributed by atoms with Gasteiger partial charge in [0.05, 0.1) is 12.5 Å². The average Bonchev–Trinajstić information content (AvgIpc) is 2.49. The molecule has 2 N–H and O–H groups in total. The summed E-state index contributed by atoms with van der Waals surface area (Å²) in [7, 11) is 0. The molecule has 7 heteroatoms. The number of carbonyl (C=O) groups excluding carboxylic acids is 1. The molecule has 1 aromatic carbocycles. The number of carbonyl (C=O) groups is 1. The number of nitrogens with zero attached hydrogens (tertiary/aromatic N) is 1. The smallest absolute Gasteiger partial charge is 0.391 e. The first-order valence-corrected chi connectivity index (χ1v) is 7.67. The van der Waals surface area contributed by atoms with Crippen molar-refractivity contribution in [3.8, 4) is 0 Å². The lowest BCUT2D eigenvalue weighted by Crippen LogP contribution is -2.42. The van der Waals surface area contributed by atoms with Gasteiger partial charge in [0, 0.05) is 12.3 Å². The molecule has 0 radical (unpaired) electrons. The van der Waals surface area contributed by atoms with E-state index in [1.54, 1.807) is 17.0 Å². The van der Waals surface area contributed by atoms with Gasteiger partial charge < -0.3 is 10.4 Å². The van der Waals surface area contributed by atoms with E-state index in [-0.39, 0.29) is 45.0 Å². The Morgan fingerprint density at radius 2 is 1.83 bits per heavy atom. The second kappa shape index (κ2) is 7.79. The Morgan fingerprint density at radius 3 is 2.35 bits per heavy atom. The van der Waals surface area contributed by atoms with Gasteiger partial charge in [-0.2, -0.15) is 13.2 Å². The number of hydrogen-bond acceptors (Lipinski definition) is 3. The Kier molecular flexibility index (Phi) is 6.01. The monoisotopic (exact) mass is 330 g/mol. The van der Waals surface area contributed by atoms with Gasteiger partial charge in [0.25, 0.3) is 0 Å². The number of benzene rings is 1. The van der Waals surface area contributed by atoms with Crippen LogP contribution in [0.25, 0.3) is 0 Å². The summed E-state index contributed by atoms with van der Waals surface area (Å²) in [6.07, 6.45) is -3.48. The number of piperidine rings is 1. The number of alkyl halides is 3. The van der Waals surface area contributed by atoms with Crippen LogP contribution in [0.4, 0.5) is 18.9 Å². The summed E-state index contributed by atoms with van der Waals surface area (Å²) in [4.78, 5) is 13.7. The highest BCUT2D eigenvalue weighted by molar-refractivity contribution is 5.92. The second-order valence-corrected chi connectivity index (χ2v) is 5.81. The van der Waals surface area contributed by atoms with Gasteiger partial charge in [0.2, 0.25) is 5.91 Å². The maximum Gasteiger partial charge on any atom is 0.391 e. The van der Waals surface area contributed by atoms with Crippen LogP contribution in [0.5, 0.6) is 0 Å². The van der Waals surface area contributed by atoms with Crippen LogP contribution in [0.1, 0.15) is 18.4 Å². The van der Waals surface area contributed by atoms with Crippen molar-refractivity contribution in [2.75, 3.05) is 31.6 Å². The molecule has 1 aliphatic heterocycles. The molecule has 1 saturated heterocycles. The van der Waals surface area contributed by atoms with E-state index in [1.807, 2.05) is 12.1 Å². The molecule has 23 heavy (non-hydrogen) atoms. The average molecular weight is 330 g/mol. The van der Waals surface area contributed by atoms with Crippen molar-refractivity contribution >= 4 is 11.6 Å². The van der Waals surface area contributed by atoms with Crippen molar-refractivity contribution in [3.63, 3.8) is 0 Å². The third-order valence-corrected chi connectivity index (χ3v) is 4.06. The summed E-state index contributed by atoms with van der Waals surface area (Å²) in [6, 6.07) is 7.14. The number of likely N-dealkylation sites (tertiary alicyclic amines) is 1. The van der Waals surface area contributed by atoms with Gasteiger partial charge in [-0.15, -0.1) is 0 Å². The summed E-state index contributed by atoms with van der Waals surface area (Å²) in [5.74, 6) is -1.48. The van der Waals surface area contributed by atoms with Crippen molar-refractivity contribution in [1.29, 1.82) is 0 Å². The Morgan fingerprint density at radius 1 is 1.22 bits per heavy atom. The largest absolute Gasteiger partial charge is 0.396 e. The standard InChI is InChI=1S/C16H21F3N2O2/c17-16(18,19)13-5-8-21(9-6-13)11-15(23)20-14-3-1-12(2-4-14)7-10-22/h1-4,13,22H,5-11H2,(H,20,23). The lowest BCUT2D eigenvalue weighted by Gasteiger charge is -2.32. The number of anilines is 1. The molecule has 1 aliphatic rings. The molecular weight excluding hydrogens is 309 g/mol. The molecule has 0 bridgehead atoms. The zero-order valence-corrected chi connectivity index (χ0v) is 12.8. The van der Waals surface area contributed by atoms with Gasteiger partial charge in [-0.25, -0.2) is 0 Å². The summed E-state index contributed by atoms with van der Waals surface area (Å²) < 4.78 is 37.8. The van der Waals surface area contributed by atoms with Crippen LogP contribution >= 0.6 is 0 Å². The molecule has 0 unspecified atom stereocenters. The lowest BCUT2D eigenvalue weighted by molar-refractivity contribution is -0.184. The zero-order valence-electron chi connectivity index (χ0n) is 12.8. The highest BCUT2D eigenvalue weighted by atomic mass is 19.4. The molecule has 128 valence electrons. The Bertz CT molecular complexity index is 509. The molecule has 0 aliphatic carbocycles. The summed E-state index contributed by atoms with van der Waals surface area (Å²) in [6.45, 7) is 0.739. The molecule has 1 fully saturated rings. The highest BCUT2D eigenvalue weighted by Gasteiger charge is 2.41. The summed E-state index contributed by atoms with van der Waals surface area (Å²) >= 11 is 0. The SMILES string of the molecule is O=C(CN1CCC(C(F)(F)F)CC1)Nc1ccc(CCO)cc1. The lowest BCUT2D eigenvalue weighted by atomic mass is 9.96. The fourth-order valence-corrected chi connectivity index (χ4v) is 2.71. The van der Waals surface area contributed by atoms with Crippen LogP contribution in [0.3, 0.4) is 0 Å². The number of aliphatic hydroxyl groups is 1. The first-order chi connectivity index (χ1) is 10.9.